The fourth-order valence-corrected chi connectivity index (χ4v) is 21.2. The molecule has 3 heteroatoms. The highest BCUT2D eigenvalue weighted by atomic mass is 28.3. The molecule has 1 nitrogen and oxygen atoms in total. The summed E-state index contributed by atoms with van der Waals surface area (Å²) >= 11 is 0. The Morgan fingerprint density at radius 3 is 1.22 bits per heavy atom. The molecule has 0 saturated carbocycles. The molecule has 0 unspecified atom stereocenters. The van der Waals surface area contributed by atoms with E-state index in [1.165, 1.54) is 93.0 Å². The number of hydrogen-bond donors (Lipinski definition) is 0. The highest BCUT2D eigenvalue weighted by molar-refractivity contribution is 7.20. The van der Waals surface area contributed by atoms with Gasteiger partial charge in [0.05, 0.1) is 11.0 Å². The summed E-state index contributed by atoms with van der Waals surface area (Å²) in [4.78, 5) is 0. The van der Waals surface area contributed by atoms with Gasteiger partial charge in [-0.2, -0.15) is 0 Å². The first kappa shape index (κ1) is 41.0. The van der Waals surface area contributed by atoms with Crippen LogP contribution in [-0.4, -0.2) is 20.7 Å². The van der Waals surface area contributed by atoms with Crippen molar-refractivity contribution in [2.24, 2.45) is 0 Å². The van der Waals surface area contributed by atoms with Crippen molar-refractivity contribution >= 4 is 79.4 Å². The SMILES string of the molecule is CC1(C)CCC(C)(C)c2cc([Si](c3ccccc3)(c3ccccc3)c3cccc(-n4c5ccccc5c5ccc([Si](c6ccccc6)(c6ccccc6)c6ccccc6)cc54)c3)ccc21. The van der Waals surface area contributed by atoms with Crippen molar-refractivity contribution in [3.63, 3.8) is 0 Å². The zero-order chi connectivity index (χ0) is 44.2. The first-order valence-electron chi connectivity index (χ1n) is 23.3. The van der Waals surface area contributed by atoms with Crippen molar-refractivity contribution in [3.8, 4) is 5.69 Å². The van der Waals surface area contributed by atoms with Gasteiger partial charge in [0, 0.05) is 16.5 Å². The summed E-state index contributed by atoms with van der Waals surface area (Å²) in [5.74, 6) is 0. The first-order valence-corrected chi connectivity index (χ1v) is 27.3. The Kier molecular flexibility index (Phi) is 10.1. The molecule has 1 aliphatic carbocycles. The van der Waals surface area contributed by atoms with Crippen LogP contribution in [0.3, 0.4) is 0 Å². The number of rotatable bonds is 9. The molecule has 0 amide bonds. The molecule has 0 bridgehead atoms. The van der Waals surface area contributed by atoms with Gasteiger partial charge in [-0.15, -0.1) is 0 Å². The Balaban J connectivity index is 1.21. The summed E-state index contributed by atoms with van der Waals surface area (Å²) in [7, 11) is -5.73. The highest BCUT2D eigenvalue weighted by Crippen LogP contribution is 2.45. The molecule has 1 aliphatic rings. The van der Waals surface area contributed by atoms with Crippen molar-refractivity contribution in [3.05, 3.63) is 248 Å². The number of aromatic nitrogens is 1. The maximum absolute atomic E-state index is 2.93. The van der Waals surface area contributed by atoms with Crippen LogP contribution in [-0.2, 0) is 10.8 Å². The van der Waals surface area contributed by atoms with Crippen molar-refractivity contribution in [1.82, 2.24) is 4.57 Å². The van der Waals surface area contributed by atoms with Crippen molar-refractivity contribution in [1.29, 1.82) is 0 Å². The molecular formula is C62H55NSi2. The topological polar surface area (TPSA) is 4.93 Å². The van der Waals surface area contributed by atoms with E-state index in [0.717, 1.165) is 0 Å². The predicted octanol–water partition coefficient (Wildman–Crippen LogP) is 9.89. The van der Waals surface area contributed by atoms with Gasteiger partial charge in [0.1, 0.15) is 0 Å². The summed E-state index contributed by atoms with van der Waals surface area (Å²) in [6.45, 7) is 9.79. The van der Waals surface area contributed by atoms with E-state index in [4.69, 9.17) is 0 Å². The van der Waals surface area contributed by atoms with Crippen LogP contribution < -0.4 is 41.5 Å². The van der Waals surface area contributed by atoms with E-state index in [9.17, 15) is 0 Å². The molecule has 1 heterocycles. The van der Waals surface area contributed by atoms with E-state index in [2.05, 4.69) is 269 Å². The minimum atomic E-state index is -2.93. The van der Waals surface area contributed by atoms with E-state index in [-0.39, 0.29) is 10.8 Å². The Labute approximate surface area is 386 Å². The standard InChI is InChI=1S/C62H55NSi2/c1-61(2)41-42-62(3,4)58-44-53(38-40-57(58)61)65(50-30-16-8-17-31-50,51-32-18-9-19-33-51)52-34-22-23-46(43-52)63-59-36-21-20-35-55(59)56-39-37-54(45-60(56)63)64(47-24-10-5-11-25-47,48-26-12-6-13-27-48)49-28-14-7-15-29-49/h5-40,43-45H,41-42H2,1-4H3. The molecule has 65 heavy (non-hydrogen) atoms. The summed E-state index contributed by atoms with van der Waals surface area (Å²) in [5.41, 5.74) is 6.83. The predicted molar refractivity (Wildman–Crippen MR) is 283 cm³/mol. The second kappa shape index (κ2) is 16.0. The first-order chi connectivity index (χ1) is 31.7. The van der Waals surface area contributed by atoms with Crippen LogP contribution in [0.2, 0.25) is 0 Å². The van der Waals surface area contributed by atoms with Crippen LogP contribution >= 0.6 is 0 Å². The van der Waals surface area contributed by atoms with Crippen LogP contribution in [0.5, 0.6) is 0 Å². The summed E-state index contributed by atoms with van der Waals surface area (Å²) in [6, 6.07) is 90.4. The molecule has 9 aromatic carbocycles. The third-order valence-corrected chi connectivity index (χ3v) is 24.5. The number of hydrogen-bond acceptors (Lipinski definition) is 0. The number of benzene rings is 9. The maximum Gasteiger partial charge on any atom is 0.179 e. The Bertz CT molecular complexity index is 3160. The Hall–Kier alpha value is -6.79. The summed E-state index contributed by atoms with van der Waals surface area (Å²) in [5, 5.41) is 13.6. The molecule has 1 aromatic heterocycles. The third kappa shape index (κ3) is 6.55. The molecule has 0 saturated heterocycles. The molecule has 0 fully saturated rings. The lowest BCUT2D eigenvalue weighted by molar-refractivity contribution is 0.332. The minimum absolute atomic E-state index is 0.0781. The van der Waals surface area contributed by atoms with Crippen LogP contribution in [0.15, 0.2) is 237 Å². The summed E-state index contributed by atoms with van der Waals surface area (Å²) < 4.78 is 2.56. The van der Waals surface area contributed by atoms with Gasteiger partial charge < -0.3 is 4.57 Å². The molecule has 0 spiro atoms. The average Bonchev–Trinajstić information content (AvgIpc) is 3.69. The van der Waals surface area contributed by atoms with E-state index in [0.29, 0.717) is 0 Å². The van der Waals surface area contributed by atoms with Gasteiger partial charge in [0.15, 0.2) is 16.1 Å². The largest absolute Gasteiger partial charge is 0.309 e. The second-order valence-corrected chi connectivity index (χ2v) is 27.1. The van der Waals surface area contributed by atoms with Gasteiger partial charge in [-0.1, -0.05) is 240 Å². The Morgan fingerprint density at radius 1 is 0.308 bits per heavy atom. The van der Waals surface area contributed by atoms with E-state index >= 15 is 0 Å². The number of para-hydroxylation sites is 1. The lowest BCUT2D eigenvalue weighted by atomic mass is 9.63. The van der Waals surface area contributed by atoms with Crippen LogP contribution in [0.1, 0.15) is 51.7 Å². The molecule has 11 rings (SSSR count). The quantitative estimate of drug-likeness (QED) is 0.101. The van der Waals surface area contributed by atoms with E-state index in [1.54, 1.807) is 0 Å². The van der Waals surface area contributed by atoms with E-state index < -0.39 is 16.1 Å². The highest BCUT2D eigenvalue weighted by Gasteiger charge is 2.45. The monoisotopic (exact) mass is 869 g/mol. The lowest BCUT2D eigenvalue weighted by Gasteiger charge is -2.43. The summed E-state index contributed by atoms with van der Waals surface area (Å²) in [6.07, 6.45) is 2.37. The van der Waals surface area contributed by atoms with Crippen molar-refractivity contribution in [2.45, 2.75) is 51.4 Å². The molecule has 316 valence electrons. The smallest absolute Gasteiger partial charge is 0.179 e. The fourth-order valence-electron chi connectivity index (χ4n) is 11.6. The van der Waals surface area contributed by atoms with Gasteiger partial charge in [-0.3, -0.25) is 0 Å². The molecule has 10 aromatic rings. The fraction of sp³-hybridized carbons (Fsp3) is 0.129. The molecule has 0 radical (unpaired) electrons. The normalized spacial score (nSPS) is 14.6. The third-order valence-electron chi connectivity index (χ3n) is 15.0. The maximum atomic E-state index is 2.64. The van der Waals surface area contributed by atoms with Crippen molar-refractivity contribution < 1.29 is 0 Å². The molecular weight excluding hydrogens is 815 g/mol. The van der Waals surface area contributed by atoms with Crippen LogP contribution in [0.4, 0.5) is 0 Å². The minimum Gasteiger partial charge on any atom is -0.309 e. The van der Waals surface area contributed by atoms with Crippen LogP contribution in [0.25, 0.3) is 27.5 Å². The number of nitrogens with zero attached hydrogens (tertiary/aromatic N) is 1. The average molecular weight is 870 g/mol. The van der Waals surface area contributed by atoms with Gasteiger partial charge in [-0.25, -0.2) is 0 Å². The molecule has 0 atom stereocenters. The Morgan fingerprint density at radius 2 is 0.692 bits per heavy atom. The molecule has 0 aliphatic heterocycles. The lowest BCUT2D eigenvalue weighted by Crippen LogP contribution is -2.75. The van der Waals surface area contributed by atoms with Gasteiger partial charge in [0.2, 0.25) is 0 Å². The van der Waals surface area contributed by atoms with Gasteiger partial charge in [-0.05, 0) is 101 Å². The van der Waals surface area contributed by atoms with E-state index in [1.807, 2.05) is 0 Å². The zero-order valence-electron chi connectivity index (χ0n) is 37.9. The van der Waals surface area contributed by atoms with Gasteiger partial charge in [0.25, 0.3) is 0 Å². The van der Waals surface area contributed by atoms with Gasteiger partial charge >= 0.3 is 0 Å². The zero-order valence-corrected chi connectivity index (χ0v) is 39.9. The van der Waals surface area contributed by atoms with Crippen molar-refractivity contribution in [2.75, 3.05) is 0 Å². The molecule has 0 N–H and O–H groups in total. The second-order valence-electron chi connectivity index (χ2n) is 19.5. The van der Waals surface area contributed by atoms with Crippen LogP contribution in [0, 0.1) is 0 Å². The number of fused-ring (bicyclic) bond motifs is 4.